The maximum atomic E-state index is 13.8. The molecule has 2 rings (SSSR count). The Morgan fingerprint density at radius 2 is 2.16 bits per heavy atom. The van der Waals surface area contributed by atoms with E-state index in [-0.39, 0.29) is 11.9 Å². The Balaban J connectivity index is 2.29. The fraction of sp³-hybridized carbons (Fsp3) is 0.267. The fourth-order valence-electron chi connectivity index (χ4n) is 2.16. The third-order valence-electron chi connectivity index (χ3n) is 3.22. The molecular formula is C15H16ClFN2. The third kappa shape index (κ3) is 3.31. The van der Waals surface area contributed by atoms with Gasteiger partial charge in [-0.05, 0) is 61.3 Å². The van der Waals surface area contributed by atoms with Crippen LogP contribution in [0.1, 0.15) is 22.7 Å². The van der Waals surface area contributed by atoms with Crippen LogP contribution in [-0.4, -0.2) is 12.0 Å². The number of aromatic nitrogens is 1. The first-order valence-electron chi connectivity index (χ1n) is 6.13. The van der Waals surface area contributed by atoms with Crippen LogP contribution in [-0.2, 0) is 6.42 Å². The summed E-state index contributed by atoms with van der Waals surface area (Å²) in [6.07, 6.45) is 4.11. The van der Waals surface area contributed by atoms with Gasteiger partial charge in [0.2, 0.25) is 0 Å². The highest BCUT2D eigenvalue weighted by atomic mass is 35.5. The van der Waals surface area contributed by atoms with Crippen molar-refractivity contribution in [1.82, 2.24) is 10.3 Å². The first-order chi connectivity index (χ1) is 9.11. The van der Waals surface area contributed by atoms with E-state index in [4.69, 9.17) is 11.6 Å². The summed E-state index contributed by atoms with van der Waals surface area (Å²) < 4.78 is 13.8. The molecule has 0 saturated heterocycles. The van der Waals surface area contributed by atoms with Crippen molar-refractivity contribution in [3.05, 3.63) is 64.2 Å². The topological polar surface area (TPSA) is 24.9 Å². The monoisotopic (exact) mass is 278 g/mol. The molecule has 1 aromatic carbocycles. The first-order valence-corrected chi connectivity index (χ1v) is 6.51. The van der Waals surface area contributed by atoms with Gasteiger partial charge in [-0.15, -0.1) is 0 Å². The summed E-state index contributed by atoms with van der Waals surface area (Å²) in [7, 11) is 1.87. The van der Waals surface area contributed by atoms with Crippen LogP contribution in [0.3, 0.4) is 0 Å². The van der Waals surface area contributed by atoms with E-state index in [1.807, 2.05) is 26.2 Å². The molecule has 4 heteroatoms. The zero-order valence-electron chi connectivity index (χ0n) is 11.0. The summed E-state index contributed by atoms with van der Waals surface area (Å²) in [5.41, 5.74) is 2.82. The number of halogens is 2. The fourth-order valence-corrected chi connectivity index (χ4v) is 2.36. The number of hydrogen-bond donors (Lipinski definition) is 1. The van der Waals surface area contributed by atoms with Gasteiger partial charge in [0.05, 0.1) is 0 Å². The molecule has 1 unspecified atom stereocenters. The van der Waals surface area contributed by atoms with Crippen LogP contribution >= 0.6 is 11.6 Å². The molecule has 1 N–H and O–H groups in total. The van der Waals surface area contributed by atoms with Gasteiger partial charge < -0.3 is 5.32 Å². The van der Waals surface area contributed by atoms with Crippen LogP contribution in [0.4, 0.5) is 4.39 Å². The van der Waals surface area contributed by atoms with Crippen molar-refractivity contribution in [3.63, 3.8) is 0 Å². The molecule has 19 heavy (non-hydrogen) atoms. The Kier molecular flexibility index (Phi) is 4.51. The van der Waals surface area contributed by atoms with Gasteiger partial charge in [-0.25, -0.2) is 4.39 Å². The van der Waals surface area contributed by atoms with Crippen molar-refractivity contribution in [3.8, 4) is 0 Å². The van der Waals surface area contributed by atoms with Crippen LogP contribution in [0.5, 0.6) is 0 Å². The van der Waals surface area contributed by atoms with E-state index in [2.05, 4.69) is 10.3 Å². The van der Waals surface area contributed by atoms with Gasteiger partial charge in [0.15, 0.2) is 0 Å². The van der Waals surface area contributed by atoms with Gasteiger partial charge in [-0.1, -0.05) is 11.6 Å². The van der Waals surface area contributed by atoms with E-state index < -0.39 is 0 Å². The summed E-state index contributed by atoms with van der Waals surface area (Å²) >= 11 is 5.92. The van der Waals surface area contributed by atoms with Crippen molar-refractivity contribution in [2.24, 2.45) is 0 Å². The van der Waals surface area contributed by atoms with Crippen LogP contribution in [0, 0.1) is 12.7 Å². The molecule has 0 bridgehead atoms. The molecule has 0 aliphatic rings. The maximum absolute atomic E-state index is 13.8. The molecule has 2 aromatic rings. The zero-order chi connectivity index (χ0) is 13.8. The van der Waals surface area contributed by atoms with Crippen molar-refractivity contribution in [2.75, 3.05) is 7.05 Å². The number of aryl methyl sites for hydroxylation is 1. The normalized spacial score (nSPS) is 12.4. The Morgan fingerprint density at radius 3 is 2.84 bits per heavy atom. The van der Waals surface area contributed by atoms with Gasteiger partial charge in [0, 0.05) is 23.5 Å². The number of benzene rings is 1. The molecule has 1 aromatic heterocycles. The molecule has 0 spiro atoms. The standard InChI is InChI=1S/C15H16ClFN2/c1-10-9-19-6-5-13(10)15(18-2)8-11-7-12(16)3-4-14(11)17/h3-7,9,15,18H,8H2,1-2H3. The predicted molar refractivity (Wildman–Crippen MR) is 75.9 cm³/mol. The lowest BCUT2D eigenvalue weighted by atomic mass is 9.96. The number of nitrogens with one attached hydrogen (secondary N) is 1. The molecule has 0 fully saturated rings. The van der Waals surface area contributed by atoms with Gasteiger partial charge in [-0.3, -0.25) is 4.98 Å². The molecule has 0 saturated carbocycles. The van der Waals surface area contributed by atoms with E-state index in [1.54, 1.807) is 18.3 Å². The molecular weight excluding hydrogens is 263 g/mol. The van der Waals surface area contributed by atoms with Crippen molar-refractivity contribution >= 4 is 11.6 Å². The highest BCUT2D eigenvalue weighted by Crippen LogP contribution is 2.24. The van der Waals surface area contributed by atoms with Crippen LogP contribution < -0.4 is 5.32 Å². The van der Waals surface area contributed by atoms with Gasteiger partial charge in [0.1, 0.15) is 5.82 Å². The Morgan fingerprint density at radius 1 is 1.37 bits per heavy atom. The summed E-state index contributed by atoms with van der Waals surface area (Å²) in [5.74, 6) is -0.226. The number of rotatable bonds is 4. The number of pyridine rings is 1. The molecule has 0 aliphatic carbocycles. The molecule has 100 valence electrons. The number of likely N-dealkylation sites (N-methyl/N-ethyl adjacent to an activating group) is 1. The summed E-state index contributed by atoms with van der Waals surface area (Å²) in [6, 6.07) is 6.64. The minimum atomic E-state index is -0.226. The molecule has 2 nitrogen and oxygen atoms in total. The smallest absolute Gasteiger partial charge is 0.126 e. The lowest BCUT2D eigenvalue weighted by Crippen LogP contribution is -2.20. The van der Waals surface area contributed by atoms with Crippen LogP contribution in [0.25, 0.3) is 0 Å². The largest absolute Gasteiger partial charge is 0.313 e. The molecule has 0 amide bonds. The SMILES string of the molecule is CNC(Cc1cc(Cl)ccc1F)c1ccncc1C. The molecule has 1 heterocycles. The van der Waals surface area contributed by atoms with Crippen LogP contribution in [0.2, 0.25) is 5.02 Å². The van der Waals surface area contributed by atoms with E-state index >= 15 is 0 Å². The number of nitrogens with zero attached hydrogens (tertiary/aromatic N) is 1. The van der Waals surface area contributed by atoms with E-state index in [1.165, 1.54) is 6.07 Å². The van der Waals surface area contributed by atoms with Crippen LogP contribution in [0.15, 0.2) is 36.7 Å². The van der Waals surface area contributed by atoms with Crippen molar-refractivity contribution in [2.45, 2.75) is 19.4 Å². The molecule has 0 radical (unpaired) electrons. The van der Waals surface area contributed by atoms with Crippen molar-refractivity contribution < 1.29 is 4.39 Å². The quantitative estimate of drug-likeness (QED) is 0.923. The lowest BCUT2D eigenvalue weighted by Gasteiger charge is -2.19. The van der Waals surface area contributed by atoms with Crippen molar-refractivity contribution in [1.29, 1.82) is 0 Å². The summed E-state index contributed by atoms with van der Waals surface area (Å²) in [6.45, 7) is 2.00. The average molecular weight is 279 g/mol. The Labute approximate surface area is 117 Å². The third-order valence-corrected chi connectivity index (χ3v) is 3.45. The predicted octanol–water partition coefficient (Wildman–Crippen LogP) is 3.69. The second-order valence-electron chi connectivity index (χ2n) is 4.51. The van der Waals surface area contributed by atoms with Gasteiger partial charge in [-0.2, -0.15) is 0 Å². The summed E-state index contributed by atoms with van der Waals surface area (Å²) in [5, 5.41) is 3.77. The average Bonchev–Trinajstić information content (AvgIpc) is 2.41. The minimum absolute atomic E-state index is 0.0379. The van der Waals surface area contributed by atoms with E-state index in [9.17, 15) is 4.39 Å². The lowest BCUT2D eigenvalue weighted by molar-refractivity contribution is 0.552. The first kappa shape index (κ1) is 14.0. The number of hydrogen-bond acceptors (Lipinski definition) is 2. The van der Waals surface area contributed by atoms with Gasteiger partial charge in [0.25, 0.3) is 0 Å². The second-order valence-corrected chi connectivity index (χ2v) is 4.95. The Bertz CT molecular complexity index is 572. The Hall–Kier alpha value is -1.45. The zero-order valence-corrected chi connectivity index (χ0v) is 11.7. The second kappa shape index (κ2) is 6.13. The summed E-state index contributed by atoms with van der Waals surface area (Å²) in [4.78, 5) is 4.08. The highest BCUT2D eigenvalue weighted by molar-refractivity contribution is 6.30. The van der Waals surface area contributed by atoms with E-state index in [0.29, 0.717) is 17.0 Å². The minimum Gasteiger partial charge on any atom is -0.313 e. The van der Waals surface area contributed by atoms with E-state index in [0.717, 1.165) is 11.1 Å². The highest BCUT2D eigenvalue weighted by Gasteiger charge is 2.15. The molecule has 0 aliphatic heterocycles. The maximum Gasteiger partial charge on any atom is 0.126 e. The van der Waals surface area contributed by atoms with Gasteiger partial charge >= 0.3 is 0 Å². The molecule has 1 atom stereocenters.